The Bertz CT molecular complexity index is 1000. The van der Waals surface area contributed by atoms with Crippen molar-refractivity contribution in [2.45, 2.75) is 30.5 Å². The number of carbonyl (C=O) groups is 1. The number of anilines is 2. The van der Waals surface area contributed by atoms with Gasteiger partial charge >= 0.3 is 0 Å². The highest BCUT2D eigenvalue weighted by molar-refractivity contribution is 7.98. The van der Waals surface area contributed by atoms with Crippen LogP contribution in [-0.2, 0) is 12.2 Å². The lowest BCUT2D eigenvalue weighted by Crippen LogP contribution is -2.24. The number of pyridine rings is 1. The second kappa shape index (κ2) is 8.06. The number of fused-ring (bicyclic) bond motifs is 1. The molecule has 0 fully saturated rings. The molecule has 1 aliphatic heterocycles. The first kappa shape index (κ1) is 18.6. The Balaban J connectivity index is 1.49. The summed E-state index contributed by atoms with van der Waals surface area (Å²) in [5, 5.41) is 7.69. The Hall–Kier alpha value is -2.80. The zero-order valence-corrected chi connectivity index (χ0v) is 16.8. The molecule has 1 aromatic carbocycles. The highest BCUT2D eigenvalue weighted by Gasteiger charge is 2.17. The van der Waals surface area contributed by atoms with E-state index in [1.54, 1.807) is 18.3 Å². The Kier molecular flexibility index (Phi) is 5.34. The van der Waals surface area contributed by atoms with E-state index in [-0.39, 0.29) is 5.91 Å². The molecule has 3 aromatic rings. The molecule has 0 atom stereocenters. The van der Waals surface area contributed by atoms with Crippen molar-refractivity contribution >= 4 is 29.0 Å². The predicted molar refractivity (Wildman–Crippen MR) is 111 cm³/mol. The number of nitrogens with one attached hydrogen (secondary N) is 1. The first-order chi connectivity index (χ1) is 13.6. The number of hydrogen-bond donors (Lipinski definition) is 1. The van der Waals surface area contributed by atoms with Crippen molar-refractivity contribution in [3.05, 3.63) is 65.2 Å². The molecule has 6 nitrogen and oxygen atoms in total. The van der Waals surface area contributed by atoms with Gasteiger partial charge in [-0.25, -0.2) is 4.98 Å². The standard InChI is InChI=1S/C21H22N4O2S/c1-14-11-17(24-27-14)13-28-21-18(6-3-9-22-21)20(26)23-16-7-8-19-15(12-16)5-4-10-25(19)2/h3,6-9,11-12H,4-5,10,13H2,1-2H3,(H,23,26). The molecule has 4 rings (SSSR count). The molecule has 0 saturated heterocycles. The van der Waals surface area contributed by atoms with Crippen LogP contribution in [0.5, 0.6) is 0 Å². The van der Waals surface area contributed by atoms with Crippen molar-refractivity contribution in [1.82, 2.24) is 10.1 Å². The number of amides is 1. The summed E-state index contributed by atoms with van der Waals surface area (Å²) in [6.07, 6.45) is 3.86. The fourth-order valence-electron chi connectivity index (χ4n) is 3.37. The van der Waals surface area contributed by atoms with Gasteiger partial charge in [0.15, 0.2) is 0 Å². The largest absolute Gasteiger partial charge is 0.374 e. The molecule has 1 aliphatic rings. The second-order valence-corrected chi connectivity index (χ2v) is 7.86. The fourth-order valence-corrected chi connectivity index (χ4v) is 4.24. The van der Waals surface area contributed by atoms with E-state index < -0.39 is 0 Å². The zero-order valence-electron chi connectivity index (χ0n) is 15.9. The molecule has 1 N–H and O–H groups in total. The van der Waals surface area contributed by atoms with Gasteiger partial charge in [-0.1, -0.05) is 16.9 Å². The topological polar surface area (TPSA) is 71.3 Å². The first-order valence-electron chi connectivity index (χ1n) is 9.25. The molecule has 28 heavy (non-hydrogen) atoms. The van der Waals surface area contributed by atoms with Gasteiger partial charge in [0.05, 0.1) is 11.3 Å². The van der Waals surface area contributed by atoms with Crippen molar-refractivity contribution in [3.63, 3.8) is 0 Å². The van der Waals surface area contributed by atoms with Gasteiger partial charge in [-0.15, -0.1) is 0 Å². The third-order valence-corrected chi connectivity index (χ3v) is 5.78. The number of thioether (sulfide) groups is 1. The minimum atomic E-state index is -0.156. The summed E-state index contributed by atoms with van der Waals surface area (Å²) >= 11 is 1.47. The van der Waals surface area contributed by atoms with Crippen molar-refractivity contribution < 1.29 is 9.32 Å². The van der Waals surface area contributed by atoms with Gasteiger partial charge in [0.25, 0.3) is 5.91 Å². The number of aryl methyl sites for hydroxylation is 2. The molecule has 0 bridgehead atoms. The monoisotopic (exact) mass is 394 g/mol. The van der Waals surface area contributed by atoms with Gasteiger partial charge in [0, 0.05) is 43.0 Å². The third kappa shape index (κ3) is 4.04. The van der Waals surface area contributed by atoms with Gasteiger partial charge in [-0.2, -0.15) is 0 Å². The number of aromatic nitrogens is 2. The number of carbonyl (C=O) groups excluding carboxylic acids is 1. The van der Waals surface area contributed by atoms with Crippen LogP contribution in [0.25, 0.3) is 0 Å². The Morgan fingerprint density at radius 3 is 3.04 bits per heavy atom. The number of benzene rings is 1. The molecule has 0 saturated carbocycles. The molecular formula is C21H22N4O2S. The van der Waals surface area contributed by atoms with Crippen LogP contribution >= 0.6 is 11.8 Å². The molecule has 0 aliphatic carbocycles. The molecule has 0 radical (unpaired) electrons. The molecule has 3 heterocycles. The van der Waals surface area contributed by atoms with Crippen molar-refractivity contribution in [3.8, 4) is 0 Å². The molecule has 0 unspecified atom stereocenters. The summed E-state index contributed by atoms with van der Waals surface area (Å²) in [6, 6.07) is 11.6. The minimum Gasteiger partial charge on any atom is -0.374 e. The van der Waals surface area contributed by atoms with Crippen LogP contribution in [0.3, 0.4) is 0 Å². The lowest BCUT2D eigenvalue weighted by molar-refractivity contribution is 0.102. The van der Waals surface area contributed by atoms with E-state index in [0.29, 0.717) is 16.3 Å². The predicted octanol–water partition coefficient (Wildman–Crippen LogP) is 4.31. The third-order valence-electron chi connectivity index (χ3n) is 4.74. The number of nitrogens with zero attached hydrogens (tertiary/aromatic N) is 3. The quantitative estimate of drug-likeness (QED) is 0.651. The number of rotatable bonds is 5. The SMILES string of the molecule is Cc1cc(CSc2ncccc2C(=O)Nc2ccc3c(c2)CCCN3C)no1. The van der Waals surface area contributed by atoms with E-state index in [1.165, 1.54) is 23.0 Å². The minimum absolute atomic E-state index is 0.156. The zero-order chi connectivity index (χ0) is 19.5. The van der Waals surface area contributed by atoms with E-state index in [4.69, 9.17) is 4.52 Å². The smallest absolute Gasteiger partial charge is 0.258 e. The fraction of sp³-hybridized carbons (Fsp3) is 0.286. The van der Waals surface area contributed by atoms with Crippen LogP contribution in [0.4, 0.5) is 11.4 Å². The van der Waals surface area contributed by atoms with Gasteiger partial charge in [0.2, 0.25) is 0 Å². The lowest BCUT2D eigenvalue weighted by atomic mass is 10.0. The Morgan fingerprint density at radius 1 is 1.32 bits per heavy atom. The first-order valence-corrected chi connectivity index (χ1v) is 10.2. The summed E-state index contributed by atoms with van der Waals surface area (Å²) < 4.78 is 5.10. The van der Waals surface area contributed by atoms with Crippen LogP contribution in [0.15, 0.2) is 52.1 Å². The summed E-state index contributed by atoms with van der Waals surface area (Å²) in [7, 11) is 2.10. The number of hydrogen-bond acceptors (Lipinski definition) is 6. The van der Waals surface area contributed by atoms with Crippen molar-refractivity contribution in [1.29, 1.82) is 0 Å². The molecule has 2 aromatic heterocycles. The highest BCUT2D eigenvalue weighted by Crippen LogP contribution is 2.29. The second-order valence-electron chi connectivity index (χ2n) is 6.90. The van der Waals surface area contributed by atoms with E-state index >= 15 is 0 Å². The van der Waals surface area contributed by atoms with Crippen molar-refractivity contribution in [2.24, 2.45) is 0 Å². The molecule has 1 amide bonds. The van der Waals surface area contributed by atoms with Crippen LogP contribution in [-0.4, -0.2) is 29.6 Å². The summed E-state index contributed by atoms with van der Waals surface area (Å²) in [5.41, 5.74) is 4.71. The highest BCUT2D eigenvalue weighted by atomic mass is 32.2. The normalized spacial score (nSPS) is 13.3. The Morgan fingerprint density at radius 2 is 2.21 bits per heavy atom. The van der Waals surface area contributed by atoms with Gasteiger partial charge in [-0.3, -0.25) is 4.79 Å². The Labute approximate surface area is 168 Å². The summed E-state index contributed by atoms with van der Waals surface area (Å²) in [4.78, 5) is 19.5. The molecular weight excluding hydrogens is 372 g/mol. The molecule has 144 valence electrons. The maximum atomic E-state index is 12.9. The summed E-state index contributed by atoms with van der Waals surface area (Å²) in [5.74, 6) is 1.21. The maximum Gasteiger partial charge on any atom is 0.258 e. The van der Waals surface area contributed by atoms with Gasteiger partial charge in [-0.05, 0) is 55.7 Å². The average molecular weight is 395 g/mol. The van der Waals surface area contributed by atoms with E-state index in [0.717, 1.165) is 36.5 Å². The lowest BCUT2D eigenvalue weighted by Gasteiger charge is -2.27. The molecule has 7 heteroatoms. The van der Waals surface area contributed by atoms with E-state index in [9.17, 15) is 4.79 Å². The summed E-state index contributed by atoms with van der Waals surface area (Å²) in [6.45, 7) is 2.93. The maximum absolute atomic E-state index is 12.9. The van der Waals surface area contributed by atoms with Crippen LogP contribution in [0.2, 0.25) is 0 Å². The van der Waals surface area contributed by atoms with E-state index in [2.05, 4.69) is 39.5 Å². The van der Waals surface area contributed by atoms with E-state index in [1.807, 2.05) is 19.1 Å². The van der Waals surface area contributed by atoms with Crippen molar-refractivity contribution in [2.75, 3.05) is 23.8 Å². The van der Waals surface area contributed by atoms with Crippen LogP contribution in [0.1, 0.15) is 33.8 Å². The average Bonchev–Trinajstić information content (AvgIpc) is 3.12. The van der Waals surface area contributed by atoms with Crippen LogP contribution in [0, 0.1) is 6.92 Å². The van der Waals surface area contributed by atoms with Gasteiger partial charge in [0.1, 0.15) is 10.8 Å². The molecule has 0 spiro atoms. The van der Waals surface area contributed by atoms with Gasteiger partial charge < -0.3 is 14.7 Å². The van der Waals surface area contributed by atoms with Crippen LogP contribution < -0.4 is 10.2 Å².